The third kappa shape index (κ3) is 4.66. The minimum absolute atomic E-state index is 0.0887. The molecule has 32 heavy (non-hydrogen) atoms. The number of carbonyl (C=O) groups is 1. The number of rotatable bonds is 6. The molecule has 1 unspecified atom stereocenters. The largest absolute Gasteiger partial charge is 0.464 e. The van der Waals surface area contributed by atoms with Crippen molar-refractivity contribution in [2.24, 2.45) is 0 Å². The topological polar surface area (TPSA) is 137 Å². The van der Waals surface area contributed by atoms with Gasteiger partial charge in [-0.05, 0) is 25.0 Å². The molecular formula is C22H24N4O5S. The molecule has 1 atom stereocenters. The molecule has 0 saturated carbocycles. The Kier molecular flexibility index (Phi) is 5.98. The molecule has 0 bridgehead atoms. The van der Waals surface area contributed by atoms with E-state index in [1.54, 1.807) is 6.07 Å². The van der Waals surface area contributed by atoms with E-state index in [-0.39, 0.29) is 29.7 Å². The predicted octanol–water partition coefficient (Wildman–Crippen LogP) is 2.25. The summed E-state index contributed by atoms with van der Waals surface area (Å²) in [6, 6.07) is 8.75. The predicted molar refractivity (Wildman–Crippen MR) is 121 cm³/mol. The number of pyridine rings is 1. The number of hydrogen-bond donors (Lipinski definition) is 3. The first-order valence-corrected chi connectivity index (χ1v) is 12.2. The van der Waals surface area contributed by atoms with Crippen LogP contribution in [-0.4, -0.2) is 66.4 Å². The number of benzene rings is 1. The van der Waals surface area contributed by atoms with Crippen LogP contribution in [0.3, 0.4) is 0 Å². The highest BCUT2D eigenvalue weighted by Crippen LogP contribution is 2.27. The molecule has 4 rings (SSSR count). The van der Waals surface area contributed by atoms with Crippen LogP contribution in [0, 0.1) is 5.41 Å². The second-order valence-electron chi connectivity index (χ2n) is 7.93. The lowest BCUT2D eigenvalue weighted by Gasteiger charge is -2.30. The van der Waals surface area contributed by atoms with E-state index >= 15 is 0 Å². The molecule has 9 nitrogen and oxygen atoms in total. The van der Waals surface area contributed by atoms with Gasteiger partial charge in [0.2, 0.25) is 0 Å². The maximum Gasteiger partial charge on any atom is 0.272 e. The first-order valence-electron chi connectivity index (χ1n) is 10.2. The third-order valence-corrected chi connectivity index (χ3v) is 6.02. The van der Waals surface area contributed by atoms with Crippen molar-refractivity contribution >= 4 is 38.1 Å². The molecule has 168 valence electrons. The number of nitrogens with zero attached hydrogens (tertiary/aromatic N) is 2. The minimum atomic E-state index is -3.36. The van der Waals surface area contributed by atoms with Gasteiger partial charge < -0.3 is 19.7 Å². The zero-order valence-corrected chi connectivity index (χ0v) is 18.4. The smallest absolute Gasteiger partial charge is 0.272 e. The van der Waals surface area contributed by atoms with Gasteiger partial charge in [0.05, 0.1) is 11.8 Å². The lowest BCUT2D eigenvalue weighted by Crippen LogP contribution is -2.42. The fourth-order valence-corrected chi connectivity index (χ4v) is 4.16. The van der Waals surface area contributed by atoms with Crippen molar-refractivity contribution in [2.75, 3.05) is 30.5 Å². The molecule has 2 aromatic heterocycles. The monoisotopic (exact) mass is 456 g/mol. The number of nitrogens with one attached hydrogen (secondary N) is 2. The second-order valence-corrected chi connectivity index (χ2v) is 10.1. The molecule has 1 saturated heterocycles. The number of likely N-dealkylation sites (tertiary alicyclic amines) is 1. The van der Waals surface area contributed by atoms with Crippen molar-refractivity contribution in [2.45, 2.75) is 18.9 Å². The van der Waals surface area contributed by atoms with Gasteiger partial charge in [-0.1, -0.05) is 18.2 Å². The van der Waals surface area contributed by atoms with Crippen molar-refractivity contribution in [3.05, 3.63) is 59.6 Å². The maximum absolute atomic E-state index is 12.9. The standard InChI is InChI=1S/C22H24N4O5S/c1-32(29,30)13-25-18-9-19(22(28)26-8-4-5-14(27)11-26)24-10-16(18)21(23)17-12-31-20-7-3-2-6-15(17)20/h2-3,6-7,9-10,12,14,23,27H,4-5,8,11,13H2,1H3,(H,24,25). The average molecular weight is 457 g/mol. The number of β-amino-alcohol motifs (C(OH)–C–C–N with tert-alkyl or cyclic N) is 1. The molecule has 1 amide bonds. The van der Waals surface area contributed by atoms with Crippen LogP contribution in [0.5, 0.6) is 0 Å². The van der Waals surface area contributed by atoms with Crippen LogP contribution in [0.25, 0.3) is 11.0 Å². The highest BCUT2D eigenvalue weighted by molar-refractivity contribution is 7.90. The summed E-state index contributed by atoms with van der Waals surface area (Å²) < 4.78 is 29.0. The van der Waals surface area contributed by atoms with Crippen molar-refractivity contribution in [3.63, 3.8) is 0 Å². The first kappa shape index (κ1) is 22.0. The summed E-state index contributed by atoms with van der Waals surface area (Å²) in [6.07, 6.45) is 4.73. The Labute approximate surface area is 185 Å². The summed E-state index contributed by atoms with van der Waals surface area (Å²) in [5, 5.41) is 22.2. The average Bonchev–Trinajstić information content (AvgIpc) is 3.20. The summed E-state index contributed by atoms with van der Waals surface area (Å²) >= 11 is 0. The van der Waals surface area contributed by atoms with Gasteiger partial charge in [0.15, 0.2) is 9.84 Å². The SMILES string of the molecule is CS(=O)(=O)CNc1cc(C(=O)N2CCCC(O)C2)ncc1C(=N)c1coc2ccccc12. The van der Waals surface area contributed by atoms with E-state index in [2.05, 4.69) is 10.3 Å². The number of hydrogen-bond acceptors (Lipinski definition) is 8. The van der Waals surface area contributed by atoms with E-state index < -0.39 is 15.9 Å². The van der Waals surface area contributed by atoms with Crippen molar-refractivity contribution in [1.82, 2.24) is 9.88 Å². The number of aliphatic hydroxyl groups is 1. The van der Waals surface area contributed by atoms with E-state index in [1.807, 2.05) is 18.2 Å². The van der Waals surface area contributed by atoms with Gasteiger partial charge in [-0.2, -0.15) is 0 Å². The summed E-state index contributed by atoms with van der Waals surface area (Å²) in [5.74, 6) is -0.711. The fraction of sp³-hybridized carbons (Fsp3) is 0.318. The van der Waals surface area contributed by atoms with Gasteiger partial charge in [-0.15, -0.1) is 0 Å². The number of carbonyl (C=O) groups excluding carboxylic acids is 1. The number of amides is 1. The van der Waals surface area contributed by atoms with Crippen LogP contribution in [0.4, 0.5) is 5.69 Å². The molecule has 1 aliphatic heterocycles. The number of piperidine rings is 1. The molecule has 1 aliphatic rings. The lowest BCUT2D eigenvalue weighted by molar-refractivity contribution is 0.0469. The van der Waals surface area contributed by atoms with Gasteiger partial charge >= 0.3 is 0 Å². The normalized spacial score (nSPS) is 16.8. The highest BCUT2D eigenvalue weighted by Gasteiger charge is 2.25. The second kappa shape index (κ2) is 8.71. The van der Waals surface area contributed by atoms with Crippen molar-refractivity contribution in [3.8, 4) is 0 Å². The molecule has 10 heteroatoms. The van der Waals surface area contributed by atoms with Gasteiger partial charge in [-0.3, -0.25) is 15.2 Å². The number of fused-ring (bicyclic) bond motifs is 1. The number of furan rings is 1. The third-order valence-electron chi connectivity index (χ3n) is 5.35. The van der Waals surface area contributed by atoms with E-state index in [0.29, 0.717) is 41.8 Å². The highest BCUT2D eigenvalue weighted by atomic mass is 32.2. The molecule has 1 aromatic carbocycles. The minimum Gasteiger partial charge on any atom is -0.464 e. The quantitative estimate of drug-likeness (QED) is 0.484. The van der Waals surface area contributed by atoms with Crippen molar-refractivity contribution < 1.29 is 22.7 Å². The van der Waals surface area contributed by atoms with Gasteiger partial charge in [-0.25, -0.2) is 8.42 Å². The number of para-hydroxylation sites is 1. The van der Waals surface area contributed by atoms with Gasteiger partial charge in [0, 0.05) is 47.7 Å². The van der Waals surface area contributed by atoms with Gasteiger partial charge in [0.25, 0.3) is 5.91 Å². The number of anilines is 1. The zero-order valence-electron chi connectivity index (χ0n) is 17.5. The summed E-state index contributed by atoms with van der Waals surface area (Å²) in [6.45, 7) is 0.744. The van der Waals surface area contributed by atoms with E-state index in [0.717, 1.165) is 11.6 Å². The first-order chi connectivity index (χ1) is 15.2. The number of aliphatic hydroxyl groups excluding tert-OH is 1. The molecule has 1 fully saturated rings. The maximum atomic E-state index is 12.9. The molecule has 3 heterocycles. The summed E-state index contributed by atoms with van der Waals surface area (Å²) in [7, 11) is -3.36. The lowest BCUT2D eigenvalue weighted by atomic mass is 10.0. The Balaban J connectivity index is 1.71. The summed E-state index contributed by atoms with van der Waals surface area (Å²) in [4.78, 5) is 18.7. The fourth-order valence-electron chi connectivity index (χ4n) is 3.74. The summed E-state index contributed by atoms with van der Waals surface area (Å²) in [5.41, 5.74) is 2.01. The van der Waals surface area contributed by atoms with Crippen LogP contribution in [0.2, 0.25) is 0 Å². The Morgan fingerprint density at radius 1 is 1.34 bits per heavy atom. The van der Waals surface area contributed by atoms with Crippen molar-refractivity contribution in [1.29, 1.82) is 5.41 Å². The van der Waals surface area contributed by atoms with Crippen LogP contribution in [0.1, 0.15) is 34.5 Å². The van der Waals surface area contributed by atoms with Crippen LogP contribution in [-0.2, 0) is 9.84 Å². The Morgan fingerprint density at radius 2 is 2.12 bits per heavy atom. The Morgan fingerprint density at radius 3 is 2.88 bits per heavy atom. The Hall–Kier alpha value is -3.24. The van der Waals surface area contributed by atoms with Crippen LogP contribution < -0.4 is 5.32 Å². The molecule has 0 radical (unpaired) electrons. The number of sulfone groups is 1. The molecule has 3 aromatic rings. The molecular weight excluding hydrogens is 432 g/mol. The molecule has 0 aliphatic carbocycles. The van der Waals surface area contributed by atoms with Crippen LogP contribution >= 0.6 is 0 Å². The zero-order chi connectivity index (χ0) is 22.9. The van der Waals surface area contributed by atoms with Crippen LogP contribution in [0.15, 0.2) is 47.2 Å². The van der Waals surface area contributed by atoms with E-state index in [1.165, 1.54) is 23.4 Å². The van der Waals surface area contributed by atoms with E-state index in [9.17, 15) is 18.3 Å². The number of aromatic nitrogens is 1. The van der Waals surface area contributed by atoms with E-state index in [4.69, 9.17) is 9.83 Å². The Bertz CT molecular complexity index is 1280. The van der Waals surface area contributed by atoms with Gasteiger partial charge in [0.1, 0.15) is 23.4 Å². The molecule has 3 N–H and O–H groups in total. The molecule has 0 spiro atoms.